The molecule has 0 aliphatic heterocycles. The number of hydrogen-bond acceptors (Lipinski definition) is 3. The molecule has 3 nitrogen and oxygen atoms in total. The minimum Gasteiger partial charge on any atom is -0.499 e. The Morgan fingerprint density at radius 3 is 2.04 bits per heavy atom. The Labute approximate surface area is 139 Å². The van der Waals surface area contributed by atoms with Crippen molar-refractivity contribution in [2.75, 3.05) is 46.2 Å². The second-order valence-electron chi connectivity index (χ2n) is 6.01. The third-order valence-corrected chi connectivity index (χ3v) is 3.64. The highest BCUT2D eigenvalue weighted by atomic mass is 16.5. The lowest BCUT2D eigenvalue weighted by molar-refractivity contribution is 0.213. The molecule has 0 aliphatic carbocycles. The average molecular weight is 310 g/mol. The molecule has 0 amide bonds. The summed E-state index contributed by atoms with van der Waals surface area (Å²) in [6.07, 6.45) is 1.88. The molecule has 0 saturated carbocycles. The number of ether oxygens (including phenoxy) is 1. The Bertz CT molecular complexity index is 616. The molecule has 122 valence electrons. The van der Waals surface area contributed by atoms with Crippen molar-refractivity contribution in [2.24, 2.45) is 0 Å². The summed E-state index contributed by atoms with van der Waals surface area (Å²) in [5.41, 5.74) is 4.62. The van der Waals surface area contributed by atoms with E-state index in [1.807, 2.05) is 40.5 Å². The molecule has 0 heterocycles. The van der Waals surface area contributed by atoms with Gasteiger partial charge in [-0.25, -0.2) is 0 Å². The van der Waals surface area contributed by atoms with Crippen molar-refractivity contribution in [3.63, 3.8) is 0 Å². The molecule has 0 atom stereocenters. The number of nitrogens with zero attached hydrogens (tertiary/aromatic N) is 2. The van der Waals surface area contributed by atoms with Gasteiger partial charge >= 0.3 is 0 Å². The van der Waals surface area contributed by atoms with Crippen LogP contribution in [0.25, 0.3) is 5.57 Å². The summed E-state index contributed by atoms with van der Waals surface area (Å²) in [4.78, 5) is 4.21. The third-order valence-electron chi connectivity index (χ3n) is 3.64. The van der Waals surface area contributed by atoms with E-state index in [-0.39, 0.29) is 0 Å². The van der Waals surface area contributed by atoms with Gasteiger partial charge in [0.25, 0.3) is 0 Å². The van der Waals surface area contributed by atoms with Gasteiger partial charge in [-0.2, -0.15) is 0 Å². The van der Waals surface area contributed by atoms with Crippen molar-refractivity contribution in [1.29, 1.82) is 0 Å². The van der Waals surface area contributed by atoms with Crippen LogP contribution in [0.5, 0.6) is 0 Å². The minimum absolute atomic E-state index is 0.680. The van der Waals surface area contributed by atoms with E-state index in [4.69, 9.17) is 4.74 Å². The van der Waals surface area contributed by atoms with Gasteiger partial charge in [-0.3, -0.25) is 0 Å². The molecule has 0 aromatic heterocycles. The highest BCUT2D eigenvalue weighted by molar-refractivity contribution is 5.79. The molecule has 0 unspecified atom stereocenters. The summed E-state index contributed by atoms with van der Waals surface area (Å²) in [6, 6.07) is 18.9. The van der Waals surface area contributed by atoms with E-state index in [9.17, 15) is 0 Å². The maximum absolute atomic E-state index is 5.78. The fraction of sp³-hybridized carbons (Fsp3) is 0.300. The summed E-state index contributed by atoms with van der Waals surface area (Å²) in [7, 11) is 8.19. The van der Waals surface area contributed by atoms with Crippen LogP contribution >= 0.6 is 0 Å². The van der Waals surface area contributed by atoms with E-state index in [1.165, 1.54) is 5.69 Å². The normalized spacial score (nSPS) is 11.6. The maximum Gasteiger partial charge on any atom is 0.1000 e. The quantitative estimate of drug-likeness (QED) is 0.572. The lowest BCUT2D eigenvalue weighted by Gasteiger charge is -2.15. The predicted octanol–water partition coefficient (Wildman–Crippen LogP) is 3.72. The smallest absolute Gasteiger partial charge is 0.1000 e. The number of likely N-dealkylation sites (N-methyl/N-ethyl adjacent to an activating group) is 1. The molecule has 0 bridgehead atoms. The van der Waals surface area contributed by atoms with E-state index in [2.05, 4.69) is 58.3 Å². The van der Waals surface area contributed by atoms with Crippen LogP contribution in [0.3, 0.4) is 0 Å². The highest BCUT2D eigenvalue weighted by Gasteiger charge is 2.06. The first-order chi connectivity index (χ1) is 11.1. The highest BCUT2D eigenvalue weighted by Crippen LogP contribution is 2.25. The molecular weight excluding hydrogens is 284 g/mol. The van der Waals surface area contributed by atoms with Crippen LogP contribution in [0.2, 0.25) is 0 Å². The molecule has 0 saturated heterocycles. The zero-order valence-corrected chi connectivity index (χ0v) is 14.5. The van der Waals surface area contributed by atoms with Crippen molar-refractivity contribution < 1.29 is 4.74 Å². The summed E-state index contributed by atoms with van der Waals surface area (Å²) >= 11 is 0. The van der Waals surface area contributed by atoms with E-state index in [1.54, 1.807) is 0 Å². The second-order valence-corrected chi connectivity index (χ2v) is 6.01. The first-order valence-electron chi connectivity index (χ1n) is 7.87. The Balaban J connectivity index is 2.24. The Kier molecular flexibility index (Phi) is 6.24. The van der Waals surface area contributed by atoms with Gasteiger partial charge in [-0.15, -0.1) is 0 Å². The monoisotopic (exact) mass is 310 g/mol. The lowest BCUT2D eigenvalue weighted by atomic mass is 9.99. The molecule has 23 heavy (non-hydrogen) atoms. The molecule has 2 aromatic rings. The fourth-order valence-electron chi connectivity index (χ4n) is 2.24. The largest absolute Gasteiger partial charge is 0.499 e. The summed E-state index contributed by atoms with van der Waals surface area (Å²) in [5, 5.41) is 0. The van der Waals surface area contributed by atoms with E-state index >= 15 is 0 Å². The Morgan fingerprint density at radius 2 is 1.48 bits per heavy atom. The molecule has 0 spiro atoms. The van der Waals surface area contributed by atoms with Crippen molar-refractivity contribution in [3.05, 3.63) is 72.0 Å². The van der Waals surface area contributed by atoms with Crippen LogP contribution in [0.15, 0.2) is 60.9 Å². The lowest BCUT2D eigenvalue weighted by Crippen LogP contribution is -2.16. The van der Waals surface area contributed by atoms with Crippen LogP contribution < -0.4 is 4.90 Å². The molecule has 0 aliphatic rings. The van der Waals surface area contributed by atoms with Crippen molar-refractivity contribution in [2.45, 2.75) is 0 Å². The van der Waals surface area contributed by atoms with Crippen molar-refractivity contribution in [1.82, 2.24) is 4.90 Å². The van der Waals surface area contributed by atoms with Crippen LogP contribution in [0, 0.1) is 0 Å². The van der Waals surface area contributed by atoms with Gasteiger partial charge in [0, 0.05) is 31.9 Å². The number of benzene rings is 2. The van der Waals surface area contributed by atoms with Gasteiger partial charge in [0.15, 0.2) is 0 Å². The van der Waals surface area contributed by atoms with Gasteiger partial charge in [-0.1, -0.05) is 42.5 Å². The van der Waals surface area contributed by atoms with Gasteiger partial charge in [-0.05, 0) is 37.4 Å². The van der Waals surface area contributed by atoms with E-state index < -0.39 is 0 Å². The molecular formula is C20H26N2O. The van der Waals surface area contributed by atoms with Gasteiger partial charge in [0.1, 0.15) is 0 Å². The number of hydrogen-bond donors (Lipinski definition) is 0. The Hall–Kier alpha value is -2.26. The predicted molar refractivity (Wildman–Crippen MR) is 98.8 cm³/mol. The van der Waals surface area contributed by atoms with Crippen molar-refractivity contribution in [3.8, 4) is 0 Å². The summed E-state index contributed by atoms with van der Waals surface area (Å²) < 4.78 is 5.78. The van der Waals surface area contributed by atoms with E-state index in [0.29, 0.717) is 6.61 Å². The molecule has 3 heteroatoms. The van der Waals surface area contributed by atoms with Gasteiger partial charge in [0.2, 0.25) is 0 Å². The zero-order chi connectivity index (χ0) is 16.7. The maximum atomic E-state index is 5.78. The Morgan fingerprint density at radius 1 is 0.870 bits per heavy atom. The number of rotatable bonds is 7. The van der Waals surface area contributed by atoms with Gasteiger partial charge in [0.05, 0.1) is 12.9 Å². The van der Waals surface area contributed by atoms with E-state index in [0.717, 1.165) is 23.2 Å². The minimum atomic E-state index is 0.680. The first kappa shape index (κ1) is 17.1. The van der Waals surface area contributed by atoms with Crippen molar-refractivity contribution >= 4 is 11.3 Å². The zero-order valence-electron chi connectivity index (χ0n) is 14.5. The average Bonchev–Trinajstić information content (AvgIpc) is 2.55. The standard InChI is InChI=1S/C20H26N2O/c1-21(2)14-15-23-16-20(17-8-6-5-7-9-17)18-10-12-19(13-11-18)22(3)4/h5-13,16H,14-15H2,1-4H3/b20-16-. The topological polar surface area (TPSA) is 15.7 Å². The van der Waals surface area contributed by atoms with Crippen LogP contribution in [-0.2, 0) is 4.74 Å². The number of anilines is 1. The van der Waals surface area contributed by atoms with Gasteiger partial charge < -0.3 is 14.5 Å². The van der Waals surface area contributed by atoms with Crippen LogP contribution in [0.4, 0.5) is 5.69 Å². The van der Waals surface area contributed by atoms with Crippen LogP contribution in [0.1, 0.15) is 11.1 Å². The second kappa shape index (κ2) is 8.39. The van der Waals surface area contributed by atoms with Crippen LogP contribution in [-0.4, -0.2) is 46.2 Å². The molecule has 0 N–H and O–H groups in total. The molecule has 2 rings (SSSR count). The molecule has 0 radical (unpaired) electrons. The third kappa shape index (κ3) is 5.15. The molecule has 2 aromatic carbocycles. The summed E-state index contributed by atoms with van der Waals surface area (Å²) in [5.74, 6) is 0. The SMILES string of the molecule is CN(C)CCO/C=C(/c1ccccc1)c1ccc(N(C)C)cc1. The summed E-state index contributed by atoms with van der Waals surface area (Å²) in [6.45, 7) is 1.58. The fourth-order valence-corrected chi connectivity index (χ4v) is 2.24. The molecule has 0 fully saturated rings. The first-order valence-corrected chi connectivity index (χ1v) is 7.87.